The molecule has 7 heteroatoms. The normalized spacial score (nSPS) is 16.1. The Kier molecular flexibility index (Phi) is 11.1. The van der Waals surface area contributed by atoms with Gasteiger partial charge in [-0.3, -0.25) is 9.89 Å². The van der Waals surface area contributed by atoms with Crippen molar-refractivity contribution in [3.63, 3.8) is 0 Å². The molecule has 176 valence electrons. The van der Waals surface area contributed by atoms with Crippen LogP contribution in [0.5, 0.6) is 11.5 Å². The number of nitrogens with zero attached hydrogens (tertiary/aromatic N) is 2. The van der Waals surface area contributed by atoms with Crippen LogP contribution < -0.4 is 20.1 Å². The molecule has 1 fully saturated rings. The van der Waals surface area contributed by atoms with Gasteiger partial charge in [-0.05, 0) is 49.9 Å². The largest absolute Gasteiger partial charge is 0.493 e. The van der Waals surface area contributed by atoms with Gasteiger partial charge in [0.15, 0.2) is 17.5 Å². The van der Waals surface area contributed by atoms with Crippen LogP contribution in [0, 0.1) is 6.92 Å². The predicted octanol–water partition coefficient (Wildman–Crippen LogP) is 4.22. The number of ether oxygens (including phenoxy) is 2. The van der Waals surface area contributed by atoms with E-state index in [1.54, 1.807) is 7.11 Å². The SMILES string of the molecule is CN=C(NCC(C)Oc1ccccc1OC)NC1CCN(Cc2ccccc2C)CC1.I. The Hall–Kier alpha value is -2.00. The van der Waals surface area contributed by atoms with E-state index in [1.807, 2.05) is 38.2 Å². The van der Waals surface area contributed by atoms with Crippen LogP contribution in [0.25, 0.3) is 0 Å². The Morgan fingerprint density at radius 3 is 2.41 bits per heavy atom. The third-order valence-corrected chi connectivity index (χ3v) is 5.76. The van der Waals surface area contributed by atoms with Gasteiger partial charge in [-0.2, -0.15) is 0 Å². The Balaban J connectivity index is 0.00000363. The number of guanidine groups is 1. The molecule has 1 unspecified atom stereocenters. The van der Waals surface area contributed by atoms with Crippen LogP contribution in [-0.4, -0.2) is 56.8 Å². The number of aryl methyl sites for hydroxylation is 1. The molecule has 0 bridgehead atoms. The van der Waals surface area contributed by atoms with Gasteiger partial charge in [0.05, 0.1) is 13.7 Å². The molecule has 0 amide bonds. The second-order valence-corrected chi connectivity index (χ2v) is 8.15. The number of benzene rings is 2. The number of hydrogen-bond acceptors (Lipinski definition) is 4. The molecular formula is C25H37IN4O2. The minimum absolute atomic E-state index is 0. The minimum Gasteiger partial charge on any atom is -0.493 e. The number of nitrogens with one attached hydrogen (secondary N) is 2. The topological polar surface area (TPSA) is 58.1 Å². The lowest BCUT2D eigenvalue weighted by molar-refractivity contribution is 0.197. The minimum atomic E-state index is -0.0224. The Morgan fingerprint density at radius 1 is 1.09 bits per heavy atom. The van der Waals surface area contributed by atoms with E-state index in [1.165, 1.54) is 11.1 Å². The molecule has 0 aromatic heterocycles. The van der Waals surface area contributed by atoms with Gasteiger partial charge in [-0.1, -0.05) is 36.4 Å². The number of methoxy groups -OCH3 is 1. The lowest BCUT2D eigenvalue weighted by atomic mass is 10.0. The number of hydrogen-bond donors (Lipinski definition) is 2. The fourth-order valence-corrected chi connectivity index (χ4v) is 3.87. The molecule has 2 aromatic carbocycles. The molecule has 2 aromatic rings. The summed E-state index contributed by atoms with van der Waals surface area (Å²) in [4.78, 5) is 6.94. The van der Waals surface area contributed by atoms with Crippen molar-refractivity contribution in [2.24, 2.45) is 4.99 Å². The molecule has 1 heterocycles. The smallest absolute Gasteiger partial charge is 0.191 e. The first-order valence-corrected chi connectivity index (χ1v) is 11.1. The maximum absolute atomic E-state index is 6.02. The summed E-state index contributed by atoms with van der Waals surface area (Å²) in [6, 6.07) is 16.8. The lowest BCUT2D eigenvalue weighted by Gasteiger charge is -2.33. The first-order valence-electron chi connectivity index (χ1n) is 11.1. The van der Waals surface area contributed by atoms with Gasteiger partial charge >= 0.3 is 0 Å². The predicted molar refractivity (Wildman–Crippen MR) is 142 cm³/mol. The number of likely N-dealkylation sites (tertiary alicyclic amines) is 1. The van der Waals surface area contributed by atoms with Crippen LogP contribution in [0.4, 0.5) is 0 Å². The summed E-state index contributed by atoms with van der Waals surface area (Å²) in [5.74, 6) is 2.32. The zero-order valence-corrected chi connectivity index (χ0v) is 22.0. The molecule has 32 heavy (non-hydrogen) atoms. The highest BCUT2D eigenvalue weighted by Gasteiger charge is 2.20. The lowest BCUT2D eigenvalue weighted by Crippen LogP contribution is -2.49. The van der Waals surface area contributed by atoms with E-state index in [9.17, 15) is 0 Å². The van der Waals surface area contributed by atoms with E-state index < -0.39 is 0 Å². The summed E-state index contributed by atoms with van der Waals surface area (Å²) in [6.45, 7) is 8.11. The molecule has 1 saturated heterocycles. The molecular weight excluding hydrogens is 515 g/mol. The standard InChI is InChI=1S/C25H36N4O2.HI/c1-19-9-5-6-10-21(19)18-29-15-13-22(14-16-29)28-25(26-3)27-17-20(2)31-24-12-8-7-11-23(24)30-4;/h5-12,20,22H,13-18H2,1-4H3,(H2,26,27,28);1H. The van der Waals surface area contributed by atoms with Gasteiger partial charge < -0.3 is 20.1 Å². The molecule has 1 atom stereocenters. The van der Waals surface area contributed by atoms with Crippen LogP contribution >= 0.6 is 24.0 Å². The van der Waals surface area contributed by atoms with Crippen molar-refractivity contribution in [3.8, 4) is 11.5 Å². The molecule has 0 radical (unpaired) electrons. The van der Waals surface area contributed by atoms with E-state index in [0.29, 0.717) is 12.6 Å². The van der Waals surface area contributed by atoms with E-state index in [0.717, 1.165) is 49.9 Å². The summed E-state index contributed by atoms with van der Waals surface area (Å²) < 4.78 is 11.4. The van der Waals surface area contributed by atoms with Gasteiger partial charge in [-0.25, -0.2) is 0 Å². The quantitative estimate of drug-likeness (QED) is 0.292. The van der Waals surface area contributed by atoms with Crippen LogP contribution in [0.3, 0.4) is 0 Å². The molecule has 6 nitrogen and oxygen atoms in total. The first kappa shape index (κ1) is 26.3. The van der Waals surface area contributed by atoms with Gasteiger partial charge in [0.1, 0.15) is 6.10 Å². The number of piperidine rings is 1. The summed E-state index contributed by atoms with van der Waals surface area (Å²) >= 11 is 0. The number of rotatable bonds is 8. The van der Waals surface area contributed by atoms with Crippen molar-refractivity contribution in [1.29, 1.82) is 0 Å². The second-order valence-electron chi connectivity index (χ2n) is 8.15. The Labute approximate surface area is 209 Å². The zero-order valence-electron chi connectivity index (χ0n) is 19.6. The van der Waals surface area contributed by atoms with Crippen molar-refractivity contribution < 1.29 is 9.47 Å². The Morgan fingerprint density at radius 2 is 1.75 bits per heavy atom. The highest BCUT2D eigenvalue weighted by molar-refractivity contribution is 14.0. The molecule has 0 saturated carbocycles. The number of halogens is 1. The average molecular weight is 553 g/mol. The fourth-order valence-electron chi connectivity index (χ4n) is 3.87. The molecule has 3 rings (SSSR count). The van der Waals surface area contributed by atoms with Crippen molar-refractivity contribution in [3.05, 3.63) is 59.7 Å². The van der Waals surface area contributed by atoms with Gasteiger partial charge in [0.25, 0.3) is 0 Å². The Bertz CT molecular complexity index is 853. The van der Waals surface area contributed by atoms with Gasteiger partial charge in [0.2, 0.25) is 0 Å². The van der Waals surface area contributed by atoms with Crippen molar-refractivity contribution in [1.82, 2.24) is 15.5 Å². The summed E-state index contributed by atoms with van der Waals surface area (Å²) in [5, 5.41) is 6.97. The molecule has 0 aliphatic carbocycles. The van der Waals surface area contributed by atoms with E-state index in [-0.39, 0.29) is 30.1 Å². The van der Waals surface area contributed by atoms with Crippen LogP contribution in [-0.2, 0) is 6.54 Å². The second kappa shape index (κ2) is 13.5. The van der Waals surface area contributed by atoms with Crippen LogP contribution in [0.2, 0.25) is 0 Å². The highest BCUT2D eigenvalue weighted by atomic mass is 127. The van der Waals surface area contributed by atoms with Crippen molar-refractivity contribution in [2.75, 3.05) is 33.8 Å². The molecule has 0 spiro atoms. The molecule has 1 aliphatic heterocycles. The average Bonchev–Trinajstić information content (AvgIpc) is 2.79. The zero-order chi connectivity index (χ0) is 22.1. The van der Waals surface area contributed by atoms with Crippen LogP contribution in [0.15, 0.2) is 53.5 Å². The first-order chi connectivity index (χ1) is 15.1. The fraction of sp³-hybridized carbons (Fsp3) is 0.480. The third kappa shape index (κ3) is 7.85. The molecule has 2 N–H and O–H groups in total. The highest BCUT2D eigenvalue weighted by Crippen LogP contribution is 2.26. The number of aliphatic imine (C=N–C) groups is 1. The van der Waals surface area contributed by atoms with Gasteiger partial charge in [0, 0.05) is 32.7 Å². The molecule has 1 aliphatic rings. The van der Waals surface area contributed by atoms with Crippen molar-refractivity contribution in [2.45, 2.75) is 45.4 Å². The van der Waals surface area contributed by atoms with Crippen molar-refractivity contribution >= 4 is 29.9 Å². The third-order valence-electron chi connectivity index (χ3n) is 5.76. The number of para-hydroxylation sites is 2. The summed E-state index contributed by atoms with van der Waals surface area (Å²) in [7, 11) is 3.47. The van der Waals surface area contributed by atoms with Crippen LogP contribution in [0.1, 0.15) is 30.9 Å². The van der Waals surface area contributed by atoms with E-state index in [4.69, 9.17) is 9.47 Å². The summed E-state index contributed by atoms with van der Waals surface area (Å²) in [5.41, 5.74) is 2.80. The maximum Gasteiger partial charge on any atom is 0.191 e. The summed E-state index contributed by atoms with van der Waals surface area (Å²) in [6.07, 6.45) is 2.20. The van der Waals surface area contributed by atoms with E-state index in [2.05, 4.69) is 51.7 Å². The van der Waals surface area contributed by atoms with Gasteiger partial charge in [-0.15, -0.1) is 24.0 Å². The maximum atomic E-state index is 6.02. The monoisotopic (exact) mass is 552 g/mol. The van der Waals surface area contributed by atoms with E-state index >= 15 is 0 Å².